The maximum absolute atomic E-state index is 2.55. The molecular weight excluding hydrogens is 807 g/mol. The van der Waals surface area contributed by atoms with Gasteiger partial charge in [-0.25, -0.2) is 0 Å². The third kappa shape index (κ3) is 6.13. The Bertz CT molecular complexity index is 3360. The summed E-state index contributed by atoms with van der Waals surface area (Å²) in [7, 11) is 0. The largest absolute Gasteiger partial charge is 0.310 e. The van der Waals surface area contributed by atoms with E-state index in [-0.39, 0.29) is 16.2 Å². The molecule has 326 valence electrons. The van der Waals surface area contributed by atoms with Crippen molar-refractivity contribution >= 4 is 17.1 Å². The Morgan fingerprint density at radius 3 is 1.34 bits per heavy atom. The first-order chi connectivity index (χ1) is 32.2. The number of hydrogen-bond acceptors (Lipinski definition) is 1. The van der Waals surface area contributed by atoms with E-state index in [1.807, 2.05) is 0 Å². The van der Waals surface area contributed by atoms with Crippen molar-refractivity contribution in [2.45, 2.75) is 77.0 Å². The number of rotatable bonds is 5. The van der Waals surface area contributed by atoms with E-state index in [0.29, 0.717) is 0 Å². The van der Waals surface area contributed by atoms with E-state index in [9.17, 15) is 0 Å². The van der Waals surface area contributed by atoms with Gasteiger partial charge in [-0.1, -0.05) is 219 Å². The van der Waals surface area contributed by atoms with Gasteiger partial charge in [-0.05, 0) is 147 Å². The smallest absolute Gasteiger partial charge is 0.0731 e. The van der Waals surface area contributed by atoms with Gasteiger partial charge in [0.2, 0.25) is 0 Å². The molecule has 0 heterocycles. The number of benzene rings is 9. The molecule has 3 aliphatic carbocycles. The molecule has 0 bridgehead atoms. The molecule has 0 fully saturated rings. The van der Waals surface area contributed by atoms with Crippen molar-refractivity contribution in [3.8, 4) is 55.6 Å². The van der Waals surface area contributed by atoms with Crippen LogP contribution < -0.4 is 4.90 Å². The van der Waals surface area contributed by atoms with Gasteiger partial charge in [0, 0.05) is 22.5 Å². The lowest BCUT2D eigenvalue weighted by Crippen LogP contribution is -2.28. The lowest BCUT2D eigenvalue weighted by atomic mass is 9.67. The minimum atomic E-state index is -0.490. The Morgan fingerprint density at radius 2 is 0.746 bits per heavy atom. The molecule has 9 aromatic rings. The maximum atomic E-state index is 2.55. The molecule has 0 N–H and O–H groups in total. The van der Waals surface area contributed by atoms with Gasteiger partial charge in [-0.3, -0.25) is 0 Å². The number of fused-ring (bicyclic) bond motifs is 13. The first-order valence-electron chi connectivity index (χ1n) is 24.1. The quantitative estimate of drug-likeness (QED) is 0.167. The number of nitrogens with zero attached hydrogens (tertiary/aromatic N) is 1. The zero-order chi connectivity index (χ0) is 46.0. The van der Waals surface area contributed by atoms with E-state index in [4.69, 9.17) is 0 Å². The van der Waals surface area contributed by atoms with Crippen LogP contribution in [-0.4, -0.2) is 0 Å². The molecule has 0 saturated carbocycles. The molecule has 0 radical (unpaired) electrons. The van der Waals surface area contributed by atoms with Crippen molar-refractivity contribution in [1.82, 2.24) is 0 Å². The van der Waals surface area contributed by atoms with Crippen molar-refractivity contribution in [3.63, 3.8) is 0 Å². The third-order valence-corrected chi connectivity index (χ3v) is 15.4. The molecule has 0 unspecified atom stereocenters. The number of anilines is 3. The Balaban J connectivity index is 1.05. The zero-order valence-electron chi connectivity index (χ0n) is 40.0. The fraction of sp³-hybridized carbons (Fsp3) is 0.182. The zero-order valence-corrected chi connectivity index (χ0v) is 40.0. The summed E-state index contributed by atoms with van der Waals surface area (Å²) in [4.78, 5) is 2.44. The van der Waals surface area contributed by atoms with Crippen molar-refractivity contribution < 1.29 is 0 Å². The van der Waals surface area contributed by atoms with E-state index in [1.54, 1.807) is 0 Å². The monoisotopic (exact) mass is 863 g/mol. The molecule has 0 aliphatic heterocycles. The summed E-state index contributed by atoms with van der Waals surface area (Å²) < 4.78 is 0. The lowest BCUT2D eigenvalue weighted by Gasteiger charge is -2.34. The highest BCUT2D eigenvalue weighted by atomic mass is 15.1. The van der Waals surface area contributed by atoms with Crippen molar-refractivity contribution in [2.75, 3.05) is 4.90 Å². The predicted octanol–water partition coefficient (Wildman–Crippen LogP) is 17.7. The van der Waals surface area contributed by atoms with E-state index < -0.39 is 5.41 Å². The van der Waals surface area contributed by atoms with Crippen LogP contribution in [0.1, 0.15) is 99.9 Å². The van der Waals surface area contributed by atoms with Gasteiger partial charge < -0.3 is 4.90 Å². The molecule has 12 rings (SSSR count). The van der Waals surface area contributed by atoms with Crippen LogP contribution in [0.2, 0.25) is 0 Å². The van der Waals surface area contributed by atoms with Crippen molar-refractivity contribution in [3.05, 3.63) is 245 Å². The fourth-order valence-electron chi connectivity index (χ4n) is 11.9. The molecule has 0 atom stereocenters. The molecule has 1 nitrogen and oxygen atoms in total. The highest BCUT2D eigenvalue weighted by Crippen LogP contribution is 2.65. The molecule has 0 aromatic heterocycles. The van der Waals surface area contributed by atoms with Crippen LogP contribution in [-0.2, 0) is 21.7 Å². The van der Waals surface area contributed by atoms with Crippen LogP contribution >= 0.6 is 0 Å². The molecule has 1 spiro atoms. The van der Waals surface area contributed by atoms with Crippen LogP contribution in [0.5, 0.6) is 0 Å². The topological polar surface area (TPSA) is 3.24 Å². The second-order valence-corrected chi connectivity index (χ2v) is 21.7. The Hall–Kier alpha value is -7.22. The van der Waals surface area contributed by atoms with Crippen LogP contribution in [0.25, 0.3) is 55.6 Å². The normalized spacial score (nSPS) is 14.5. The van der Waals surface area contributed by atoms with Gasteiger partial charge >= 0.3 is 0 Å². The summed E-state index contributed by atoms with van der Waals surface area (Å²) in [5, 5.41) is 0. The molecule has 0 saturated heterocycles. The van der Waals surface area contributed by atoms with Crippen molar-refractivity contribution in [2.24, 2.45) is 0 Å². The maximum Gasteiger partial charge on any atom is 0.0731 e. The van der Waals surface area contributed by atoms with Gasteiger partial charge in [0.05, 0.1) is 5.41 Å². The minimum Gasteiger partial charge on any atom is -0.310 e. The van der Waals surface area contributed by atoms with E-state index in [2.05, 4.69) is 260 Å². The average Bonchev–Trinajstić information content (AvgIpc) is 3.89. The summed E-state index contributed by atoms with van der Waals surface area (Å²) >= 11 is 0. The average molecular weight is 864 g/mol. The molecule has 9 aromatic carbocycles. The minimum absolute atomic E-state index is 0.00975. The van der Waals surface area contributed by atoms with Gasteiger partial charge in [0.25, 0.3) is 0 Å². The summed E-state index contributed by atoms with van der Waals surface area (Å²) in [6.07, 6.45) is 0. The second-order valence-electron chi connectivity index (χ2n) is 21.7. The van der Waals surface area contributed by atoms with Crippen LogP contribution in [0.15, 0.2) is 200 Å². The Labute approximate surface area is 397 Å². The summed E-state index contributed by atoms with van der Waals surface area (Å²) in [6, 6.07) is 76.1. The Morgan fingerprint density at radius 1 is 0.313 bits per heavy atom. The van der Waals surface area contributed by atoms with Gasteiger partial charge in [-0.15, -0.1) is 0 Å². The van der Waals surface area contributed by atoms with Gasteiger partial charge in [0.15, 0.2) is 0 Å². The molecule has 0 amide bonds. The fourth-order valence-corrected chi connectivity index (χ4v) is 11.9. The molecule has 67 heavy (non-hydrogen) atoms. The first-order valence-corrected chi connectivity index (χ1v) is 24.1. The van der Waals surface area contributed by atoms with Crippen LogP contribution in [0.4, 0.5) is 17.1 Å². The Kier molecular flexibility index (Phi) is 9.01. The summed E-state index contributed by atoms with van der Waals surface area (Å²) in [5.41, 5.74) is 26.7. The standard InChI is InChI=1S/C66H57N/c1-63(2,3)45-29-36-54-55-37-30-46(64(4,5)6)40-61(55)66(60(54)39-45)58-24-15-13-20-52(58)56-22-16-21-50(62(56)66)44-27-33-48(34-28-44)67(47-31-25-43(26-32-47)42-17-10-9-11-18-42)49-35-38-53-51-19-12-14-23-57(51)65(7,8)59(53)41-49/h9-41H,1-8H3. The number of hydrogen-bond donors (Lipinski definition) is 0. The SMILES string of the molecule is CC(C)(C)c1ccc2c(c1)C1(c3cc(C(C)(C)C)ccc3-2)c2ccccc2-c2cccc(-c3ccc(N(c4ccc(-c5ccccc5)cc4)c4ccc5c(c4)C(C)(C)c4ccccc4-5)cc3)c21. The third-order valence-electron chi connectivity index (χ3n) is 15.4. The van der Waals surface area contributed by atoms with E-state index in [1.165, 1.54) is 100 Å². The molecule has 3 aliphatic rings. The summed E-state index contributed by atoms with van der Waals surface area (Å²) in [5.74, 6) is 0. The first kappa shape index (κ1) is 41.2. The highest BCUT2D eigenvalue weighted by Gasteiger charge is 2.53. The van der Waals surface area contributed by atoms with Crippen LogP contribution in [0, 0.1) is 0 Å². The van der Waals surface area contributed by atoms with Crippen molar-refractivity contribution in [1.29, 1.82) is 0 Å². The second kappa shape index (κ2) is 14.6. The lowest BCUT2D eigenvalue weighted by molar-refractivity contribution is 0.586. The molecular formula is C66H57N. The predicted molar refractivity (Wildman–Crippen MR) is 283 cm³/mol. The van der Waals surface area contributed by atoms with Gasteiger partial charge in [0.1, 0.15) is 0 Å². The molecule has 1 heteroatoms. The highest BCUT2D eigenvalue weighted by molar-refractivity contribution is 5.99. The summed E-state index contributed by atoms with van der Waals surface area (Å²) in [6.45, 7) is 18.8. The van der Waals surface area contributed by atoms with E-state index in [0.717, 1.165) is 17.1 Å². The van der Waals surface area contributed by atoms with E-state index >= 15 is 0 Å². The van der Waals surface area contributed by atoms with Crippen LogP contribution in [0.3, 0.4) is 0 Å². The van der Waals surface area contributed by atoms with Gasteiger partial charge in [-0.2, -0.15) is 0 Å².